The van der Waals surface area contributed by atoms with Crippen molar-refractivity contribution < 1.29 is 9.59 Å². The van der Waals surface area contributed by atoms with E-state index in [1.165, 1.54) is 4.90 Å². The lowest BCUT2D eigenvalue weighted by Crippen LogP contribution is -2.43. The van der Waals surface area contributed by atoms with Gasteiger partial charge in [-0.25, -0.2) is 0 Å². The molecule has 0 aromatic heterocycles. The van der Waals surface area contributed by atoms with Crippen molar-refractivity contribution in [2.45, 2.75) is 26.3 Å². The van der Waals surface area contributed by atoms with Crippen molar-refractivity contribution in [3.63, 3.8) is 0 Å². The van der Waals surface area contributed by atoms with Crippen LogP contribution in [0.15, 0.2) is 18.2 Å². The highest BCUT2D eigenvalue weighted by atomic mass is 16.2. The lowest BCUT2D eigenvalue weighted by atomic mass is 10.1. The van der Waals surface area contributed by atoms with Crippen LogP contribution in [0.4, 0.5) is 11.4 Å². The normalized spacial score (nSPS) is 10.9. The number of nitrogens with one attached hydrogen (secondary N) is 2. The molecule has 4 N–H and O–H groups in total. The number of carbonyl (C=O) groups excluding carboxylic acids is 2. The average molecular weight is 292 g/mol. The fourth-order valence-corrected chi connectivity index (χ4v) is 1.75. The molecule has 0 unspecified atom stereocenters. The molecule has 21 heavy (non-hydrogen) atoms. The van der Waals surface area contributed by atoms with E-state index in [0.29, 0.717) is 16.9 Å². The first-order valence-electron chi connectivity index (χ1n) is 6.76. The molecule has 0 aliphatic heterocycles. The molecule has 6 heteroatoms. The number of anilines is 2. The largest absolute Gasteiger partial charge is 0.397 e. The summed E-state index contributed by atoms with van der Waals surface area (Å²) in [7, 11) is 3.36. The lowest BCUT2D eigenvalue weighted by Gasteiger charge is -2.21. The van der Waals surface area contributed by atoms with Crippen molar-refractivity contribution >= 4 is 23.2 Å². The first kappa shape index (κ1) is 16.8. The van der Waals surface area contributed by atoms with Gasteiger partial charge in [-0.05, 0) is 39.0 Å². The van der Waals surface area contributed by atoms with E-state index < -0.39 is 0 Å². The van der Waals surface area contributed by atoms with E-state index in [1.807, 2.05) is 20.8 Å². The van der Waals surface area contributed by atoms with Gasteiger partial charge in [0, 0.05) is 25.2 Å². The molecular formula is C15H24N4O2. The Kier molecular flexibility index (Phi) is 5.18. The number of benzene rings is 1. The Morgan fingerprint density at radius 1 is 1.24 bits per heavy atom. The molecule has 0 spiro atoms. The van der Waals surface area contributed by atoms with E-state index in [2.05, 4.69) is 10.6 Å². The molecular weight excluding hydrogens is 268 g/mol. The van der Waals surface area contributed by atoms with Crippen molar-refractivity contribution in [1.82, 2.24) is 10.2 Å². The number of nitrogen functional groups attached to an aromatic ring is 1. The fourth-order valence-electron chi connectivity index (χ4n) is 1.75. The van der Waals surface area contributed by atoms with E-state index in [1.54, 1.807) is 32.3 Å². The fraction of sp³-hybridized carbons (Fsp3) is 0.467. The summed E-state index contributed by atoms with van der Waals surface area (Å²) in [5.74, 6) is -0.228. The van der Waals surface area contributed by atoms with Gasteiger partial charge in [0.15, 0.2) is 0 Å². The van der Waals surface area contributed by atoms with Gasteiger partial charge in [0.1, 0.15) is 0 Å². The van der Waals surface area contributed by atoms with E-state index >= 15 is 0 Å². The summed E-state index contributed by atoms with van der Waals surface area (Å²) in [5, 5.41) is 5.82. The first-order chi connectivity index (χ1) is 9.60. The van der Waals surface area contributed by atoms with Crippen LogP contribution in [-0.2, 0) is 4.79 Å². The van der Waals surface area contributed by atoms with Gasteiger partial charge in [0.05, 0.1) is 17.9 Å². The number of carbonyl (C=O) groups is 2. The van der Waals surface area contributed by atoms with Crippen molar-refractivity contribution in [1.29, 1.82) is 0 Å². The molecule has 0 aliphatic rings. The standard InChI is InChI=1S/C15H24N4O2/c1-15(2,3)18-13(20)9-17-12-7-6-10(8-11(12)16)14(21)19(4)5/h6-8,17H,9,16H2,1-5H3,(H,18,20). The molecule has 0 heterocycles. The number of rotatable bonds is 4. The maximum atomic E-state index is 11.8. The summed E-state index contributed by atoms with van der Waals surface area (Å²) in [4.78, 5) is 25.0. The van der Waals surface area contributed by atoms with Gasteiger partial charge >= 0.3 is 0 Å². The van der Waals surface area contributed by atoms with E-state index in [4.69, 9.17) is 5.73 Å². The SMILES string of the molecule is CN(C)C(=O)c1ccc(NCC(=O)NC(C)(C)C)c(N)c1. The van der Waals surface area contributed by atoms with Gasteiger partial charge < -0.3 is 21.3 Å². The second-order valence-electron chi connectivity index (χ2n) is 6.15. The van der Waals surface area contributed by atoms with E-state index in [9.17, 15) is 9.59 Å². The first-order valence-corrected chi connectivity index (χ1v) is 6.76. The van der Waals surface area contributed by atoms with Gasteiger partial charge in [0.2, 0.25) is 5.91 Å². The Hall–Kier alpha value is -2.24. The van der Waals surface area contributed by atoms with Crippen LogP contribution in [0.25, 0.3) is 0 Å². The molecule has 1 aromatic carbocycles. The Labute approximate surface area is 125 Å². The molecule has 0 saturated carbocycles. The highest BCUT2D eigenvalue weighted by molar-refractivity contribution is 5.96. The third-order valence-electron chi connectivity index (χ3n) is 2.66. The van der Waals surface area contributed by atoms with Gasteiger partial charge in [-0.2, -0.15) is 0 Å². The number of hydrogen-bond acceptors (Lipinski definition) is 4. The summed E-state index contributed by atoms with van der Waals surface area (Å²) in [6.45, 7) is 5.88. The monoisotopic (exact) mass is 292 g/mol. The van der Waals surface area contributed by atoms with Gasteiger partial charge in [-0.15, -0.1) is 0 Å². The molecule has 1 rings (SSSR count). The molecule has 2 amide bonds. The lowest BCUT2D eigenvalue weighted by molar-refractivity contribution is -0.120. The van der Waals surface area contributed by atoms with Gasteiger partial charge in [-0.1, -0.05) is 0 Å². The Balaban J connectivity index is 2.70. The molecule has 116 valence electrons. The maximum absolute atomic E-state index is 11.8. The molecule has 0 radical (unpaired) electrons. The summed E-state index contributed by atoms with van der Waals surface area (Å²) < 4.78 is 0. The van der Waals surface area contributed by atoms with Crippen molar-refractivity contribution in [2.75, 3.05) is 31.7 Å². The third kappa shape index (κ3) is 5.33. The van der Waals surface area contributed by atoms with Crippen LogP contribution in [0.1, 0.15) is 31.1 Å². The molecule has 0 fully saturated rings. The average Bonchev–Trinajstić information content (AvgIpc) is 2.34. The van der Waals surface area contributed by atoms with Gasteiger partial charge in [0.25, 0.3) is 5.91 Å². The van der Waals surface area contributed by atoms with E-state index in [-0.39, 0.29) is 23.9 Å². The molecule has 0 aliphatic carbocycles. The smallest absolute Gasteiger partial charge is 0.253 e. The number of hydrogen-bond donors (Lipinski definition) is 3. The van der Waals surface area contributed by atoms with Crippen LogP contribution in [0, 0.1) is 0 Å². The third-order valence-corrected chi connectivity index (χ3v) is 2.66. The summed E-state index contributed by atoms with van der Waals surface area (Å²) >= 11 is 0. The van der Waals surface area contributed by atoms with Crippen LogP contribution in [0.3, 0.4) is 0 Å². The molecule has 0 atom stereocenters. The zero-order valence-corrected chi connectivity index (χ0v) is 13.3. The predicted octanol–water partition coefficient (Wildman–Crippen LogP) is 1.30. The Morgan fingerprint density at radius 3 is 2.33 bits per heavy atom. The second-order valence-corrected chi connectivity index (χ2v) is 6.15. The predicted molar refractivity (Wildman–Crippen MR) is 85.3 cm³/mol. The topological polar surface area (TPSA) is 87.5 Å². The minimum Gasteiger partial charge on any atom is -0.397 e. The quantitative estimate of drug-likeness (QED) is 0.730. The van der Waals surface area contributed by atoms with Crippen LogP contribution in [0.5, 0.6) is 0 Å². The number of nitrogens with two attached hydrogens (primary N) is 1. The maximum Gasteiger partial charge on any atom is 0.253 e. The Bertz CT molecular complexity index is 533. The minimum atomic E-state index is -0.272. The zero-order chi connectivity index (χ0) is 16.2. The highest BCUT2D eigenvalue weighted by Gasteiger charge is 2.14. The van der Waals surface area contributed by atoms with Crippen LogP contribution in [-0.4, -0.2) is 42.9 Å². The molecule has 0 bridgehead atoms. The number of nitrogens with zero attached hydrogens (tertiary/aromatic N) is 1. The summed E-state index contributed by atoms with van der Waals surface area (Å²) in [6.07, 6.45) is 0. The highest BCUT2D eigenvalue weighted by Crippen LogP contribution is 2.20. The van der Waals surface area contributed by atoms with Crippen molar-refractivity contribution in [3.05, 3.63) is 23.8 Å². The molecule has 6 nitrogen and oxygen atoms in total. The van der Waals surface area contributed by atoms with Crippen molar-refractivity contribution in [3.8, 4) is 0 Å². The van der Waals surface area contributed by atoms with Crippen LogP contribution >= 0.6 is 0 Å². The van der Waals surface area contributed by atoms with Crippen LogP contribution in [0.2, 0.25) is 0 Å². The number of amides is 2. The van der Waals surface area contributed by atoms with Gasteiger partial charge in [-0.3, -0.25) is 9.59 Å². The minimum absolute atomic E-state index is 0.112. The summed E-state index contributed by atoms with van der Waals surface area (Å²) in [6, 6.07) is 4.99. The van der Waals surface area contributed by atoms with Crippen molar-refractivity contribution in [2.24, 2.45) is 0 Å². The summed E-state index contributed by atoms with van der Waals surface area (Å²) in [5.41, 5.74) is 7.22. The van der Waals surface area contributed by atoms with Crippen LogP contribution < -0.4 is 16.4 Å². The Morgan fingerprint density at radius 2 is 1.86 bits per heavy atom. The van der Waals surface area contributed by atoms with E-state index in [0.717, 1.165) is 0 Å². The zero-order valence-electron chi connectivity index (χ0n) is 13.3. The second kappa shape index (κ2) is 6.47. The molecule has 0 saturated heterocycles. The molecule has 1 aromatic rings.